The number of hydrogen-bond acceptors (Lipinski definition) is 4. The summed E-state index contributed by atoms with van der Waals surface area (Å²) in [5.74, 6) is -1.11. The van der Waals surface area contributed by atoms with Gasteiger partial charge in [-0.2, -0.15) is 18.2 Å². The van der Waals surface area contributed by atoms with Gasteiger partial charge in [-0.3, -0.25) is 0 Å². The Kier molecular flexibility index (Phi) is 3.97. The molecule has 0 aliphatic carbocycles. The van der Waals surface area contributed by atoms with Gasteiger partial charge < -0.3 is 11.1 Å². The van der Waals surface area contributed by atoms with E-state index in [1.165, 1.54) is 6.07 Å². The first kappa shape index (κ1) is 15.0. The quantitative estimate of drug-likeness (QED) is 0.851. The third-order valence-electron chi connectivity index (χ3n) is 2.74. The number of rotatable bonds is 3. The topological polar surface area (TPSA) is 63.8 Å². The minimum atomic E-state index is -4.63. The second-order valence-electron chi connectivity index (χ2n) is 4.28. The molecule has 0 unspecified atom stereocenters. The Bertz CT molecular complexity index is 655. The summed E-state index contributed by atoms with van der Waals surface area (Å²) >= 11 is 0. The lowest BCUT2D eigenvalue weighted by Gasteiger charge is -2.11. The number of alkyl halides is 3. The third kappa shape index (κ3) is 3.59. The van der Waals surface area contributed by atoms with Gasteiger partial charge in [0, 0.05) is 11.8 Å². The number of nitrogens with two attached hydrogens (primary N) is 1. The van der Waals surface area contributed by atoms with Crippen molar-refractivity contribution in [2.45, 2.75) is 19.5 Å². The Morgan fingerprint density at radius 2 is 1.90 bits per heavy atom. The van der Waals surface area contributed by atoms with Gasteiger partial charge in [0.15, 0.2) is 5.69 Å². The molecule has 112 valence electrons. The molecule has 1 aromatic carbocycles. The number of nitrogens with zero attached hydrogens (tertiary/aromatic N) is 2. The summed E-state index contributed by atoms with van der Waals surface area (Å²) in [5, 5.41) is 2.58. The van der Waals surface area contributed by atoms with Crippen LogP contribution in [0.5, 0.6) is 0 Å². The molecule has 0 saturated heterocycles. The highest BCUT2D eigenvalue weighted by molar-refractivity contribution is 5.58. The van der Waals surface area contributed by atoms with Gasteiger partial charge in [0.1, 0.15) is 11.6 Å². The van der Waals surface area contributed by atoms with Gasteiger partial charge in [-0.05, 0) is 24.1 Å². The molecule has 0 saturated carbocycles. The number of nitrogen functional groups attached to an aromatic ring is 1. The van der Waals surface area contributed by atoms with Crippen LogP contribution < -0.4 is 11.1 Å². The summed E-state index contributed by atoms with van der Waals surface area (Å²) in [5.41, 5.74) is 4.87. The number of nitrogens with one attached hydrogen (secondary N) is 1. The van der Waals surface area contributed by atoms with Gasteiger partial charge in [0.25, 0.3) is 0 Å². The van der Waals surface area contributed by atoms with E-state index < -0.39 is 23.6 Å². The Labute approximate surface area is 118 Å². The molecule has 21 heavy (non-hydrogen) atoms. The SMILES string of the molecule is CCc1ccc(Nc2cc(C(F)(F)F)nc(N)n2)cc1F. The summed E-state index contributed by atoms with van der Waals surface area (Å²) in [4.78, 5) is 6.77. The van der Waals surface area contributed by atoms with E-state index in [-0.39, 0.29) is 11.5 Å². The fourth-order valence-electron chi connectivity index (χ4n) is 1.73. The first-order chi connectivity index (χ1) is 9.79. The van der Waals surface area contributed by atoms with Crippen LogP contribution in [0.2, 0.25) is 0 Å². The van der Waals surface area contributed by atoms with Crippen LogP contribution in [0.15, 0.2) is 24.3 Å². The molecule has 2 aromatic rings. The second kappa shape index (κ2) is 5.55. The molecule has 1 aromatic heterocycles. The highest BCUT2D eigenvalue weighted by Gasteiger charge is 2.33. The Balaban J connectivity index is 2.31. The maximum absolute atomic E-state index is 13.6. The molecule has 4 nitrogen and oxygen atoms in total. The molecule has 0 aliphatic rings. The normalized spacial score (nSPS) is 11.5. The lowest BCUT2D eigenvalue weighted by molar-refractivity contribution is -0.141. The van der Waals surface area contributed by atoms with Crippen LogP contribution in [-0.2, 0) is 12.6 Å². The van der Waals surface area contributed by atoms with Crippen molar-refractivity contribution < 1.29 is 17.6 Å². The van der Waals surface area contributed by atoms with Crippen molar-refractivity contribution in [1.29, 1.82) is 0 Å². The van der Waals surface area contributed by atoms with E-state index in [1.54, 1.807) is 19.1 Å². The smallest absolute Gasteiger partial charge is 0.368 e. The van der Waals surface area contributed by atoms with Crippen molar-refractivity contribution in [3.8, 4) is 0 Å². The molecular weight excluding hydrogens is 288 g/mol. The predicted molar refractivity (Wildman–Crippen MR) is 70.5 cm³/mol. The molecular formula is C13H12F4N4. The van der Waals surface area contributed by atoms with E-state index >= 15 is 0 Å². The number of halogens is 4. The Morgan fingerprint density at radius 1 is 1.19 bits per heavy atom. The van der Waals surface area contributed by atoms with Gasteiger partial charge in [0.05, 0.1) is 0 Å². The van der Waals surface area contributed by atoms with E-state index in [0.717, 1.165) is 0 Å². The van der Waals surface area contributed by atoms with Gasteiger partial charge in [-0.1, -0.05) is 13.0 Å². The van der Waals surface area contributed by atoms with Crippen LogP contribution in [0.3, 0.4) is 0 Å². The number of hydrogen-bond donors (Lipinski definition) is 2. The van der Waals surface area contributed by atoms with Crippen molar-refractivity contribution in [1.82, 2.24) is 9.97 Å². The van der Waals surface area contributed by atoms with E-state index in [1.807, 2.05) is 0 Å². The zero-order chi connectivity index (χ0) is 15.6. The molecule has 3 N–H and O–H groups in total. The Hall–Kier alpha value is -2.38. The van der Waals surface area contributed by atoms with E-state index in [4.69, 9.17) is 5.73 Å². The maximum atomic E-state index is 13.6. The van der Waals surface area contributed by atoms with Gasteiger partial charge >= 0.3 is 6.18 Å². The molecule has 0 spiro atoms. The first-order valence-electron chi connectivity index (χ1n) is 6.07. The number of aromatic nitrogens is 2. The fourth-order valence-corrected chi connectivity index (χ4v) is 1.73. The van der Waals surface area contributed by atoms with Crippen molar-refractivity contribution >= 4 is 17.5 Å². The molecule has 1 heterocycles. The molecule has 0 amide bonds. The lowest BCUT2D eigenvalue weighted by atomic mass is 10.1. The largest absolute Gasteiger partial charge is 0.433 e. The lowest BCUT2D eigenvalue weighted by Crippen LogP contribution is -2.12. The zero-order valence-electron chi connectivity index (χ0n) is 11.0. The number of aryl methyl sites for hydroxylation is 1. The summed E-state index contributed by atoms with van der Waals surface area (Å²) in [6.45, 7) is 1.80. The standard InChI is InChI=1S/C13H12F4N4/c1-2-7-3-4-8(5-9(7)14)19-11-6-10(13(15,16)17)20-12(18)21-11/h3-6H,2H2,1H3,(H3,18,19,20,21). The van der Waals surface area contributed by atoms with E-state index in [0.29, 0.717) is 18.1 Å². The summed E-state index contributed by atoms with van der Waals surface area (Å²) in [6, 6.07) is 4.99. The van der Waals surface area contributed by atoms with Crippen LogP contribution in [0.4, 0.5) is 35.0 Å². The maximum Gasteiger partial charge on any atom is 0.433 e. The van der Waals surface area contributed by atoms with Crippen molar-refractivity contribution in [3.63, 3.8) is 0 Å². The zero-order valence-corrected chi connectivity index (χ0v) is 11.0. The number of anilines is 3. The minimum Gasteiger partial charge on any atom is -0.368 e. The Morgan fingerprint density at radius 3 is 2.48 bits per heavy atom. The molecule has 0 fully saturated rings. The highest BCUT2D eigenvalue weighted by atomic mass is 19.4. The van der Waals surface area contributed by atoms with E-state index in [9.17, 15) is 17.6 Å². The molecule has 2 rings (SSSR count). The summed E-state index contributed by atoms with van der Waals surface area (Å²) in [7, 11) is 0. The molecule has 8 heteroatoms. The van der Waals surface area contributed by atoms with Crippen LogP contribution in [-0.4, -0.2) is 9.97 Å². The van der Waals surface area contributed by atoms with Gasteiger partial charge in [-0.25, -0.2) is 9.37 Å². The number of benzene rings is 1. The minimum absolute atomic E-state index is 0.154. The highest BCUT2D eigenvalue weighted by Crippen LogP contribution is 2.30. The molecule has 0 bridgehead atoms. The third-order valence-corrected chi connectivity index (χ3v) is 2.74. The van der Waals surface area contributed by atoms with Crippen molar-refractivity contribution in [3.05, 3.63) is 41.3 Å². The van der Waals surface area contributed by atoms with Gasteiger partial charge in [-0.15, -0.1) is 0 Å². The second-order valence-corrected chi connectivity index (χ2v) is 4.28. The predicted octanol–water partition coefficient (Wildman–Crippen LogP) is 3.52. The van der Waals surface area contributed by atoms with Gasteiger partial charge in [0.2, 0.25) is 5.95 Å². The van der Waals surface area contributed by atoms with Crippen molar-refractivity contribution in [2.24, 2.45) is 0 Å². The molecule has 0 atom stereocenters. The van der Waals surface area contributed by atoms with Crippen LogP contribution >= 0.6 is 0 Å². The average molecular weight is 300 g/mol. The summed E-state index contributed by atoms with van der Waals surface area (Å²) in [6.07, 6.45) is -4.12. The monoisotopic (exact) mass is 300 g/mol. The van der Waals surface area contributed by atoms with Crippen LogP contribution in [0.1, 0.15) is 18.2 Å². The fraction of sp³-hybridized carbons (Fsp3) is 0.231. The summed E-state index contributed by atoms with van der Waals surface area (Å²) < 4.78 is 51.5. The van der Waals surface area contributed by atoms with Crippen LogP contribution in [0.25, 0.3) is 0 Å². The van der Waals surface area contributed by atoms with Crippen LogP contribution in [0, 0.1) is 5.82 Å². The molecule has 0 radical (unpaired) electrons. The van der Waals surface area contributed by atoms with E-state index in [2.05, 4.69) is 15.3 Å². The molecule has 0 aliphatic heterocycles. The first-order valence-corrected chi connectivity index (χ1v) is 6.07. The average Bonchev–Trinajstić information content (AvgIpc) is 2.37. The van der Waals surface area contributed by atoms with Crippen molar-refractivity contribution in [2.75, 3.05) is 11.1 Å².